The summed E-state index contributed by atoms with van der Waals surface area (Å²) in [7, 11) is 3.37. The summed E-state index contributed by atoms with van der Waals surface area (Å²) in [6.07, 6.45) is 8.05. The van der Waals surface area contributed by atoms with Gasteiger partial charge in [0.05, 0.1) is 42.0 Å². The molecule has 8 heteroatoms. The summed E-state index contributed by atoms with van der Waals surface area (Å²) in [5.41, 5.74) is 8.81. The first kappa shape index (κ1) is 22.2. The molecule has 30 heavy (non-hydrogen) atoms. The number of nitrogens with zero attached hydrogens (tertiary/aromatic N) is 3. The maximum absolute atomic E-state index is 12.2. The molecule has 0 unspecified atom stereocenters. The molecule has 8 nitrogen and oxygen atoms in total. The standard InChI is InChI=1S/C22H35N5O3/c1-15-20(30-17-7-5-4-6-8-17)12-11-18(25-15)21(23)19(27(3)24)13-26(2)22(28)29-14-16-9-10-16/h11-12,16-17H,4-10,13-14,23-24H2,1-3H3/b21-19-. The van der Waals surface area contributed by atoms with Crippen LogP contribution in [0.4, 0.5) is 4.79 Å². The van der Waals surface area contributed by atoms with E-state index in [9.17, 15) is 4.79 Å². The second kappa shape index (κ2) is 10.0. The fraction of sp³-hybridized carbons (Fsp3) is 0.636. The minimum Gasteiger partial charge on any atom is -0.489 e. The van der Waals surface area contributed by atoms with Crippen molar-refractivity contribution in [1.82, 2.24) is 14.9 Å². The third-order valence-electron chi connectivity index (χ3n) is 5.73. The molecule has 1 aromatic rings. The van der Waals surface area contributed by atoms with Gasteiger partial charge >= 0.3 is 6.09 Å². The first-order valence-electron chi connectivity index (χ1n) is 10.8. The lowest BCUT2D eigenvalue weighted by molar-refractivity contribution is 0.107. The molecule has 1 aromatic heterocycles. The minimum atomic E-state index is -0.380. The zero-order chi connectivity index (χ0) is 21.7. The quantitative estimate of drug-likeness (QED) is 0.494. The molecule has 0 aliphatic heterocycles. The summed E-state index contributed by atoms with van der Waals surface area (Å²) >= 11 is 0. The number of carbonyl (C=O) groups excluding carboxylic acids is 1. The Hall–Kier alpha value is -2.48. The Balaban J connectivity index is 1.69. The maximum Gasteiger partial charge on any atom is 0.409 e. The van der Waals surface area contributed by atoms with Crippen molar-refractivity contribution in [2.45, 2.75) is 58.0 Å². The zero-order valence-corrected chi connectivity index (χ0v) is 18.4. The highest BCUT2D eigenvalue weighted by atomic mass is 16.6. The van der Waals surface area contributed by atoms with Gasteiger partial charge in [-0.25, -0.2) is 15.6 Å². The summed E-state index contributed by atoms with van der Waals surface area (Å²) in [6, 6.07) is 3.76. The maximum atomic E-state index is 12.2. The van der Waals surface area contributed by atoms with E-state index in [2.05, 4.69) is 4.98 Å². The summed E-state index contributed by atoms with van der Waals surface area (Å²) in [5, 5.41) is 1.42. The number of amides is 1. The lowest BCUT2D eigenvalue weighted by atomic mass is 9.98. The van der Waals surface area contributed by atoms with Crippen LogP contribution < -0.4 is 16.3 Å². The van der Waals surface area contributed by atoms with Crippen LogP contribution >= 0.6 is 0 Å². The molecule has 0 radical (unpaired) electrons. The van der Waals surface area contributed by atoms with Gasteiger partial charge in [0.2, 0.25) is 0 Å². The van der Waals surface area contributed by atoms with Gasteiger partial charge in [-0.05, 0) is 63.5 Å². The highest BCUT2D eigenvalue weighted by Crippen LogP contribution is 2.29. The van der Waals surface area contributed by atoms with E-state index < -0.39 is 0 Å². The number of nitrogens with two attached hydrogens (primary N) is 2. The number of aromatic nitrogens is 1. The van der Waals surface area contributed by atoms with E-state index in [0.29, 0.717) is 29.6 Å². The lowest BCUT2D eigenvalue weighted by Gasteiger charge is -2.25. The molecule has 0 spiro atoms. The second-order valence-corrected chi connectivity index (χ2v) is 8.51. The number of hydrogen-bond acceptors (Lipinski definition) is 7. The normalized spacial score (nSPS) is 17.9. The van der Waals surface area contributed by atoms with Crippen LogP contribution in [0.25, 0.3) is 5.70 Å². The first-order valence-corrected chi connectivity index (χ1v) is 10.8. The van der Waals surface area contributed by atoms with E-state index in [4.69, 9.17) is 21.1 Å². The Bertz CT molecular complexity index is 770. The third-order valence-corrected chi connectivity index (χ3v) is 5.73. The van der Waals surface area contributed by atoms with Gasteiger partial charge in [0.15, 0.2) is 0 Å². The average Bonchev–Trinajstić information content (AvgIpc) is 3.56. The van der Waals surface area contributed by atoms with Crippen LogP contribution in [0.1, 0.15) is 56.3 Å². The third kappa shape index (κ3) is 6.01. The second-order valence-electron chi connectivity index (χ2n) is 8.51. The van der Waals surface area contributed by atoms with E-state index in [-0.39, 0.29) is 18.7 Å². The van der Waals surface area contributed by atoms with Gasteiger partial charge in [0.25, 0.3) is 0 Å². The van der Waals surface area contributed by atoms with Gasteiger partial charge in [-0.2, -0.15) is 0 Å². The SMILES string of the molecule is Cc1nc(/C(N)=C(\CN(C)C(=O)OCC2CC2)N(C)N)ccc1OC1CCCCC1. The number of pyridine rings is 1. The van der Waals surface area contributed by atoms with Gasteiger partial charge in [-0.3, -0.25) is 0 Å². The number of hydrogen-bond donors (Lipinski definition) is 2. The fourth-order valence-corrected chi connectivity index (χ4v) is 3.59. The predicted molar refractivity (Wildman–Crippen MR) is 116 cm³/mol. The highest BCUT2D eigenvalue weighted by Gasteiger charge is 2.25. The molecular weight excluding hydrogens is 382 g/mol. The molecule has 2 saturated carbocycles. The number of ether oxygens (including phenoxy) is 2. The summed E-state index contributed by atoms with van der Waals surface area (Å²) in [5.74, 6) is 7.32. The Morgan fingerprint density at radius 2 is 1.87 bits per heavy atom. The van der Waals surface area contributed by atoms with Crippen molar-refractivity contribution in [3.05, 3.63) is 29.2 Å². The number of aryl methyl sites for hydroxylation is 1. The minimum absolute atomic E-state index is 0.226. The Labute approximate surface area is 179 Å². The van der Waals surface area contributed by atoms with Crippen LogP contribution in [-0.2, 0) is 4.74 Å². The molecule has 1 amide bonds. The van der Waals surface area contributed by atoms with E-state index in [1.807, 2.05) is 19.1 Å². The van der Waals surface area contributed by atoms with E-state index >= 15 is 0 Å². The predicted octanol–water partition coefficient (Wildman–Crippen LogP) is 3.01. The van der Waals surface area contributed by atoms with Gasteiger partial charge in [0.1, 0.15) is 5.75 Å². The van der Waals surface area contributed by atoms with Crippen molar-refractivity contribution in [3.8, 4) is 5.75 Å². The van der Waals surface area contributed by atoms with Crippen LogP contribution in [-0.4, -0.2) is 54.3 Å². The van der Waals surface area contributed by atoms with Crippen LogP contribution in [0, 0.1) is 12.8 Å². The van der Waals surface area contributed by atoms with Crippen molar-refractivity contribution in [2.75, 3.05) is 27.2 Å². The molecular formula is C22H35N5O3. The molecule has 1 heterocycles. The van der Waals surface area contributed by atoms with Crippen molar-refractivity contribution in [1.29, 1.82) is 0 Å². The van der Waals surface area contributed by atoms with E-state index in [1.165, 1.54) is 29.2 Å². The monoisotopic (exact) mass is 417 g/mol. The van der Waals surface area contributed by atoms with E-state index in [1.54, 1.807) is 14.1 Å². The van der Waals surface area contributed by atoms with Crippen molar-refractivity contribution < 1.29 is 14.3 Å². The number of likely N-dealkylation sites (N-methyl/N-ethyl adjacent to an activating group) is 2. The van der Waals surface area contributed by atoms with Crippen LogP contribution in [0.2, 0.25) is 0 Å². The number of carbonyl (C=O) groups is 1. The smallest absolute Gasteiger partial charge is 0.409 e. The molecule has 0 bridgehead atoms. The van der Waals surface area contributed by atoms with Crippen LogP contribution in [0.15, 0.2) is 17.8 Å². The van der Waals surface area contributed by atoms with Crippen LogP contribution in [0.5, 0.6) is 5.75 Å². The molecule has 0 aromatic carbocycles. The molecule has 2 aliphatic carbocycles. The van der Waals surface area contributed by atoms with Crippen molar-refractivity contribution >= 4 is 11.8 Å². The molecule has 4 N–H and O–H groups in total. The van der Waals surface area contributed by atoms with Gasteiger partial charge < -0.3 is 25.1 Å². The zero-order valence-electron chi connectivity index (χ0n) is 18.4. The van der Waals surface area contributed by atoms with Gasteiger partial charge in [-0.1, -0.05) is 6.42 Å². The Morgan fingerprint density at radius 3 is 2.47 bits per heavy atom. The largest absolute Gasteiger partial charge is 0.489 e. The lowest BCUT2D eigenvalue weighted by Crippen LogP contribution is -2.38. The summed E-state index contributed by atoms with van der Waals surface area (Å²) in [4.78, 5) is 18.3. The summed E-state index contributed by atoms with van der Waals surface area (Å²) < 4.78 is 11.5. The number of rotatable bonds is 8. The molecule has 2 aliphatic rings. The molecule has 0 saturated heterocycles. The molecule has 3 rings (SSSR count). The van der Waals surface area contributed by atoms with E-state index in [0.717, 1.165) is 37.1 Å². The van der Waals surface area contributed by atoms with Gasteiger partial charge in [-0.15, -0.1) is 0 Å². The Morgan fingerprint density at radius 1 is 1.17 bits per heavy atom. The number of hydrazine groups is 1. The Kier molecular flexibility index (Phi) is 7.42. The van der Waals surface area contributed by atoms with Gasteiger partial charge in [0, 0.05) is 14.1 Å². The summed E-state index contributed by atoms with van der Waals surface area (Å²) in [6.45, 7) is 2.62. The van der Waals surface area contributed by atoms with Crippen LogP contribution in [0.3, 0.4) is 0 Å². The fourth-order valence-electron chi connectivity index (χ4n) is 3.59. The molecule has 0 atom stereocenters. The molecule has 166 valence electrons. The average molecular weight is 418 g/mol. The highest BCUT2D eigenvalue weighted by molar-refractivity contribution is 5.69. The van der Waals surface area contributed by atoms with Crippen molar-refractivity contribution in [3.63, 3.8) is 0 Å². The van der Waals surface area contributed by atoms with Crippen molar-refractivity contribution in [2.24, 2.45) is 17.5 Å². The molecule has 2 fully saturated rings. The topological polar surface area (TPSA) is 107 Å². The first-order chi connectivity index (χ1) is 14.3.